The smallest absolute Gasteiger partial charge is 0.267 e. The lowest BCUT2D eigenvalue weighted by Gasteiger charge is -2.06. The standard InChI is InChI=1S/C13H11ClN2O2S/c1-8-5-6-11(19-8)13(18)16-15-12(17)9-3-2-4-10(14)7-9/h2-7H,1H3,(H,15,17)(H,16,18). The Morgan fingerprint density at radius 3 is 2.47 bits per heavy atom. The maximum atomic E-state index is 11.8. The molecule has 0 saturated carbocycles. The quantitative estimate of drug-likeness (QED) is 0.837. The topological polar surface area (TPSA) is 58.2 Å². The van der Waals surface area contributed by atoms with Crippen LogP contribution in [0.5, 0.6) is 0 Å². The van der Waals surface area contributed by atoms with E-state index in [2.05, 4.69) is 10.9 Å². The minimum atomic E-state index is -0.413. The van der Waals surface area contributed by atoms with Crippen LogP contribution in [-0.4, -0.2) is 11.8 Å². The molecule has 0 aliphatic carbocycles. The van der Waals surface area contributed by atoms with Crippen LogP contribution in [-0.2, 0) is 0 Å². The highest BCUT2D eigenvalue weighted by Crippen LogP contribution is 2.14. The van der Waals surface area contributed by atoms with Crippen LogP contribution in [0.3, 0.4) is 0 Å². The Bertz CT molecular complexity index is 625. The van der Waals surface area contributed by atoms with Crippen molar-refractivity contribution in [2.45, 2.75) is 6.92 Å². The first-order valence-electron chi connectivity index (χ1n) is 5.49. The van der Waals surface area contributed by atoms with Gasteiger partial charge in [-0.15, -0.1) is 11.3 Å². The molecule has 0 radical (unpaired) electrons. The van der Waals surface area contributed by atoms with Gasteiger partial charge in [-0.25, -0.2) is 0 Å². The van der Waals surface area contributed by atoms with Gasteiger partial charge in [-0.3, -0.25) is 20.4 Å². The Morgan fingerprint density at radius 2 is 1.84 bits per heavy atom. The first-order valence-corrected chi connectivity index (χ1v) is 6.68. The van der Waals surface area contributed by atoms with Crippen LogP contribution in [0.15, 0.2) is 36.4 Å². The number of amides is 2. The van der Waals surface area contributed by atoms with Gasteiger partial charge in [0.15, 0.2) is 0 Å². The van der Waals surface area contributed by atoms with Crippen LogP contribution in [0, 0.1) is 6.92 Å². The van der Waals surface area contributed by atoms with Gasteiger partial charge in [0.05, 0.1) is 4.88 Å². The molecule has 0 aliphatic heterocycles. The molecular weight excluding hydrogens is 284 g/mol. The highest BCUT2D eigenvalue weighted by Gasteiger charge is 2.10. The number of nitrogens with one attached hydrogen (secondary N) is 2. The van der Waals surface area contributed by atoms with Gasteiger partial charge in [-0.2, -0.15) is 0 Å². The second kappa shape index (κ2) is 5.86. The molecule has 0 aliphatic rings. The lowest BCUT2D eigenvalue weighted by Crippen LogP contribution is -2.41. The molecule has 2 rings (SSSR count). The zero-order chi connectivity index (χ0) is 13.8. The van der Waals surface area contributed by atoms with Gasteiger partial charge < -0.3 is 0 Å². The fourth-order valence-electron chi connectivity index (χ4n) is 1.43. The van der Waals surface area contributed by atoms with Gasteiger partial charge in [0, 0.05) is 15.5 Å². The van der Waals surface area contributed by atoms with Gasteiger partial charge in [0.25, 0.3) is 11.8 Å². The van der Waals surface area contributed by atoms with Gasteiger partial charge in [0.2, 0.25) is 0 Å². The Hall–Kier alpha value is -1.85. The maximum absolute atomic E-state index is 11.8. The second-order valence-electron chi connectivity index (χ2n) is 3.83. The third-order valence-corrected chi connectivity index (χ3v) is 3.58. The zero-order valence-corrected chi connectivity index (χ0v) is 11.6. The van der Waals surface area contributed by atoms with E-state index >= 15 is 0 Å². The van der Waals surface area contributed by atoms with Crippen LogP contribution in [0.4, 0.5) is 0 Å². The SMILES string of the molecule is Cc1ccc(C(=O)NNC(=O)c2cccc(Cl)c2)s1. The normalized spacial score (nSPS) is 10.0. The average Bonchev–Trinajstić information content (AvgIpc) is 2.82. The zero-order valence-electron chi connectivity index (χ0n) is 10.1. The molecular formula is C13H11ClN2O2S. The molecule has 0 spiro atoms. The van der Waals surface area contributed by atoms with E-state index in [1.807, 2.05) is 13.0 Å². The van der Waals surface area contributed by atoms with Crippen molar-refractivity contribution in [1.29, 1.82) is 0 Å². The number of benzene rings is 1. The van der Waals surface area contributed by atoms with E-state index < -0.39 is 5.91 Å². The summed E-state index contributed by atoms with van der Waals surface area (Å²) in [5.74, 6) is -0.752. The number of rotatable bonds is 2. The average molecular weight is 295 g/mol. The Labute approximate surface area is 119 Å². The summed E-state index contributed by atoms with van der Waals surface area (Å²) < 4.78 is 0. The molecule has 1 heterocycles. The molecule has 2 N–H and O–H groups in total. The number of carbonyl (C=O) groups is 2. The summed E-state index contributed by atoms with van der Waals surface area (Å²) in [6.45, 7) is 1.91. The maximum Gasteiger partial charge on any atom is 0.279 e. The van der Waals surface area contributed by atoms with Crippen LogP contribution in [0.2, 0.25) is 5.02 Å². The van der Waals surface area contributed by atoms with Gasteiger partial charge in [-0.1, -0.05) is 17.7 Å². The monoisotopic (exact) mass is 294 g/mol. The molecule has 2 amide bonds. The summed E-state index contributed by atoms with van der Waals surface area (Å²) in [6, 6.07) is 10.0. The predicted molar refractivity (Wildman–Crippen MR) is 75.4 cm³/mol. The van der Waals surface area contributed by atoms with E-state index in [0.29, 0.717) is 15.5 Å². The molecule has 0 saturated heterocycles. The van der Waals surface area contributed by atoms with Crippen molar-refractivity contribution >= 4 is 34.8 Å². The van der Waals surface area contributed by atoms with Gasteiger partial charge in [0.1, 0.15) is 0 Å². The largest absolute Gasteiger partial charge is 0.279 e. The summed E-state index contributed by atoms with van der Waals surface area (Å²) in [7, 11) is 0. The summed E-state index contributed by atoms with van der Waals surface area (Å²) in [5, 5.41) is 0.466. The van der Waals surface area contributed by atoms with E-state index in [9.17, 15) is 9.59 Å². The molecule has 98 valence electrons. The van der Waals surface area contributed by atoms with E-state index in [1.54, 1.807) is 24.3 Å². The molecule has 6 heteroatoms. The molecule has 0 unspecified atom stereocenters. The van der Waals surface area contributed by atoms with E-state index in [4.69, 9.17) is 11.6 Å². The van der Waals surface area contributed by atoms with Crippen LogP contribution >= 0.6 is 22.9 Å². The molecule has 1 aromatic heterocycles. The van der Waals surface area contributed by atoms with E-state index in [1.165, 1.54) is 17.4 Å². The van der Waals surface area contributed by atoms with Crippen molar-refractivity contribution in [3.63, 3.8) is 0 Å². The van der Waals surface area contributed by atoms with Crippen molar-refractivity contribution in [2.75, 3.05) is 0 Å². The number of hydrazine groups is 1. The number of aryl methyl sites for hydroxylation is 1. The lowest BCUT2D eigenvalue weighted by atomic mass is 10.2. The van der Waals surface area contributed by atoms with Crippen molar-refractivity contribution in [2.24, 2.45) is 0 Å². The number of thiophene rings is 1. The van der Waals surface area contributed by atoms with E-state index in [0.717, 1.165) is 4.88 Å². The highest BCUT2D eigenvalue weighted by atomic mass is 35.5. The molecule has 2 aromatic rings. The van der Waals surface area contributed by atoms with Gasteiger partial charge >= 0.3 is 0 Å². The molecule has 4 nitrogen and oxygen atoms in total. The lowest BCUT2D eigenvalue weighted by molar-refractivity contribution is 0.0849. The van der Waals surface area contributed by atoms with Crippen LogP contribution in [0.1, 0.15) is 24.9 Å². The fourth-order valence-corrected chi connectivity index (χ4v) is 2.39. The van der Waals surface area contributed by atoms with E-state index in [-0.39, 0.29) is 5.91 Å². The minimum absolute atomic E-state index is 0.339. The Kier molecular flexibility index (Phi) is 4.19. The van der Waals surface area contributed by atoms with Gasteiger partial charge in [-0.05, 0) is 37.3 Å². The van der Waals surface area contributed by atoms with Crippen molar-refractivity contribution in [3.05, 3.63) is 56.7 Å². The number of carbonyl (C=O) groups excluding carboxylic acids is 2. The molecule has 0 bridgehead atoms. The predicted octanol–water partition coefficient (Wildman–Crippen LogP) is 2.78. The number of hydrogen-bond donors (Lipinski definition) is 2. The van der Waals surface area contributed by atoms with Crippen LogP contribution < -0.4 is 10.9 Å². The first-order chi connectivity index (χ1) is 9.06. The summed E-state index contributed by atoms with van der Waals surface area (Å²) in [4.78, 5) is 25.1. The minimum Gasteiger partial charge on any atom is -0.267 e. The summed E-state index contributed by atoms with van der Waals surface area (Å²) >= 11 is 7.15. The van der Waals surface area contributed by atoms with Crippen molar-refractivity contribution in [3.8, 4) is 0 Å². The number of hydrogen-bond acceptors (Lipinski definition) is 3. The fraction of sp³-hybridized carbons (Fsp3) is 0.0769. The highest BCUT2D eigenvalue weighted by molar-refractivity contribution is 7.13. The van der Waals surface area contributed by atoms with Crippen molar-refractivity contribution < 1.29 is 9.59 Å². The third kappa shape index (κ3) is 3.56. The van der Waals surface area contributed by atoms with Crippen LogP contribution in [0.25, 0.3) is 0 Å². The first kappa shape index (κ1) is 13.6. The third-order valence-electron chi connectivity index (χ3n) is 2.34. The second-order valence-corrected chi connectivity index (χ2v) is 5.55. The Balaban J connectivity index is 1.95. The summed E-state index contributed by atoms with van der Waals surface area (Å²) in [6.07, 6.45) is 0. The summed E-state index contributed by atoms with van der Waals surface area (Å²) in [5.41, 5.74) is 5.09. The Morgan fingerprint density at radius 1 is 1.11 bits per heavy atom. The molecule has 0 fully saturated rings. The molecule has 0 atom stereocenters. The molecule has 1 aromatic carbocycles. The molecule has 19 heavy (non-hydrogen) atoms. The number of halogens is 1. The van der Waals surface area contributed by atoms with Crippen molar-refractivity contribution in [1.82, 2.24) is 10.9 Å².